The molecule has 0 saturated carbocycles. The van der Waals surface area contributed by atoms with E-state index in [1.54, 1.807) is 13.8 Å². The Kier molecular flexibility index (Phi) is 8.22. The molecule has 3 rings (SSSR count). The minimum Gasteiger partial charge on any atom is -0.480 e. The average Bonchev–Trinajstić information content (AvgIpc) is 2.80. The fraction of sp³-hybridized carbons (Fsp3) is 0.480. The quantitative estimate of drug-likeness (QED) is 0.573. The van der Waals surface area contributed by atoms with Crippen LogP contribution in [-0.4, -0.2) is 52.6 Å². The predicted molar refractivity (Wildman–Crippen MR) is 121 cm³/mol. The molecule has 1 aromatic carbocycles. The van der Waals surface area contributed by atoms with Gasteiger partial charge in [-0.2, -0.15) is 0 Å². The second-order valence-electron chi connectivity index (χ2n) is 8.28. The minimum atomic E-state index is -1.03. The van der Waals surface area contributed by atoms with Crippen molar-refractivity contribution in [3.63, 3.8) is 0 Å². The summed E-state index contributed by atoms with van der Waals surface area (Å²) in [5.41, 5.74) is 3.07. The molecule has 32 heavy (non-hydrogen) atoms. The molecule has 0 bridgehead atoms. The van der Waals surface area contributed by atoms with Gasteiger partial charge in [0.05, 0.1) is 12.6 Å². The summed E-state index contributed by atoms with van der Waals surface area (Å²) in [5.74, 6) is -1.76. The van der Waals surface area contributed by atoms with Crippen LogP contribution < -0.4 is 5.32 Å². The van der Waals surface area contributed by atoms with Crippen LogP contribution in [0.2, 0.25) is 0 Å². The van der Waals surface area contributed by atoms with Crippen LogP contribution in [0.4, 0.5) is 0 Å². The number of hydrogen-bond donors (Lipinski definition) is 2. The maximum absolute atomic E-state index is 13.3. The largest absolute Gasteiger partial charge is 0.480 e. The number of aliphatic carboxylic acids is 1. The summed E-state index contributed by atoms with van der Waals surface area (Å²) in [6.45, 7) is 3.91. The SMILES string of the molecule is CCOC(=O)C(CCC1=CCCC=C1)NC(C)C(=O)N1Cc2ccccc2C[C@H]1C(=O)O. The Morgan fingerprint density at radius 3 is 2.62 bits per heavy atom. The van der Waals surface area contributed by atoms with Gasteiger partial charge in [-0.05, 0) is 50.7 Å². The lowest BCUT2D eigenvalue weighted by molar-refractivity contribution is -0.153. The first kappa shape index (κ1) is 23.7. The van der Waals surface area contributed by atoms with Crippen LogP contribution in [0.3, 0.4) is 0 Å². The normalized spacial score (nSPS) is 19.5. The summed E-state index contributed by atoms with van der Waals surface area (Å²) < 4.78 is 5.22. The van der Waals surface area contributed by atoms with Gasteiger partial charge < -0.3 is 14.7 Å². The molecule has 0 radical (unpaired) electrons. The smallest absolute Gasteiger partial charge is 0.326 e. The molecule has 1 amide bonds. The highest BCUT2D eigenvalue weighted by molar-refractivity contribution is 5.88. The molecule has 2 aliphatic rings. The lowest BCUT2D eigenvalue weighted by Gasteiger charge is -2.36. The van der Waals surface area contributed by atoms with Gasteiger partial charge in [-0.1, -0.05) is 48.1 Å². The lowest BCUT2D eigenvalue weighted by atomic mass is 9.93. The summed E-state index contributed by atoms with van der Waals surface area (Å²) in [6, 6.07) is 5.27. The zero-order valence-electron chi connectivity index (χ0n) is 18.8. The third-order valence-corrected chi connectivity index (χ3v) is 6.00. The molecule has 7 nitrogen and oxygen atoms in total. The summed E-state index contributed by atoms with van der Waals surface area (Å²) in [7, 11) is 0. The van der Waals surface area contributed by atoms with Gasteiger partial charge >= 0.3 is 11.9 Å². The second kappa shape index (κ2) is 11.1. The van der Waals surface area contributed by atoms with Gasteiger partial charge in [0.15, 0.2) is 0 Å². The zero-order chi connectivity index (χ0) is 23.1. The van der Waals surface area contributed by atoms with E-state index in [4.69, 9.17) is 4.74 Å². The number of fused-ring (bicyclic) bond motifs is 1. The topological polar surface area (TPSA) is 95.9 Å². The van der Waals surface area contributed by atoms with Crippen molar-refractivity contribution in [1.82, 2.24) is 10.2 Å². The fourth-order valence-corrected chi connectivity index (χ4v) is 4.27. The predicted octanol–water partition coefficient (Wildman–Crippen LogP) is 2.99. The van der Waals surface area contributed by atoms with Crippen LogP contribution in [0.25, 0.3) is 0 Å². The molecule has 0 spiro atoms. The van der Waals surface area contributed by atoms with Crippen molar-refractivity contribution in [3.05, 3.63) is 59.2 Å². The number of carboxylic acid groups (broad SMARTS) is 1. The van der Waals surface area contributed by atoms with Gasteiger partial charge in [0.2, 0.25) is 5.91 Å². The van der Waals surface area contributed by atoms with Crippen molar-refractivity contribution in [2.75, 3.05) is 6.61 Å². The molecular weight excluding hydrogens is 408 g/mol. The van der Waals surface area contributed by atoms with E-state index in [0.29, 0.717) is 12.8 Å². The van der Waals surface area contributed by atoms with E-state index >= 15 is 0 Å². The first-order chi connectivity index (χ1) is 15.4. The highest BCUT2D eigenvalue weighted by Crippen LogP contribution is 2.24. The number of carboxylic acids is 1. The van der Waals surface area contributed by atoms with E-state index in [9.17, 15) is 19.5 Å². The maximum Gasteiger partial charge on any atom is 0.326 e. The number of ether oxygens (including phenoxy) is 1. The zero-order valence-corrected chi connectivity index (χ0v) is 18.8. The molecule has 0 saturated heterocycles. The number of esters is 1. The Bertz CT molecular complexity index is 907. The molecule has 2 N–H and O–H groups in total. The number of nitrogens with zero attached hydrogens (tertiary/aromatic N) is 1. The Hall–Kier alpha value is -2.93. The van der Waals surface area contributed by atoms with E-state index in [1.165, 1.54) is 10.5 Å². The molecule has 1 aliphatic carbocycles. The molecule has 1 aromatic rings. The van der Waals surface area contributed by atoms with Crippen LogP contribution in [0.1, 0.15) is 50.7 Å². The van der Waals surface area contributed by atoms with Crippen LogP contribution in [0.15, 0.2) is 48.1 Å². The maximum atomic E-state index is 13.3. The molecule has 172 valence electrons. The van der Waals surface area contributed by atoms with Gasteiger partial charge in [0.1, 0.15) is 12.1 Å². The highest BCUT2D eigenvalue weighted by Gasteiger charge is 2.37. The summed E-state index contributed by atoms with van der Waals surface area (Å²) in [5, 5.41) is 12.8. The molecule has 1 heterocycles. The Balaban J connectivity index is 1.71. The van der Waals surface area contributed by atoms with Crippen LogP contribution in [-0.2, 0) is 32.1 Å². The van der Waals surface area contributed by atoms with Crippen LogP contribution in [0.5, 0.6) is 0 Å². The molecule has 3 atom stereocenters. The number of carbonyl (C=O) groups excluding carboxylic acids is 2. The first-order valence-electron chi connectivity index (χ1n) is 11.3. The van der Waals surface area contributed by atoms with Gasteiger partial charge in [-0.3, -0.25) is 14.9 Å². The number of amides is 1. The summed E-state index contributed by atoms with van der Waals surface area (Å²) >= 11 is 0. The summed E-state index contributed by atoms with van der Waals surface area (Å²) in [4.78, 5) is 39.1. The average molecular weight is 441 g/mol. The van der Waals surface area contributed by atoms with E-state index in [-0.39, 0.29) is 25.5 Å². The molecule has 0 fully saturated rings. The Morgan fingerprint density at radius 2 is 1.97 bits per heavy atom. The Morgan fingerprint density at radius 1 is 1.22 bits per heavy atom. The third kappa shape index (κ3) is 5.85. The van der Waals surface area contributed by atoms with Crippen LogP contribution >= 0.6 is 0 Å². The monoisotopic (exact) mass is 440 g/mol. The van der Waals surface area contributed by atoms with Crippen molar-refractivity contribution in [3.8, 4) is 0 Å². The lowest BCUT2D eigenvalue weighted by Crippen LogP contribution is -2.56. The highest BCUT2D eigenvalue weighted by atomic mass is 16.5. The molecule has 0 aromatic heterocycles. The number of hydrogen-bond acceptors (Lipinski definition) is 5. The van der Waals surface area contributed by atoms with Gasteiger partial charge in [0, 0.05) is 13.0 Å². The number of rotatable bonds is 9. The van der Waals surface area contributed by atoms with E-state index in [0.717, 1.165) is 24.0 Å². The number of carbonyl (C=O) groups is 3. The van der Waals surface area contributed by atoms with E-state index in [2.05, 4.69) is 23.5 Å². The molecule has 7 heteroatoms. The van der Waals surface area contributed by atoms with Crippen molar-refractivity contribution in [2.24, 2.45) is 0 Å². The van der Waals surface area contributed by atoms with Crippen molar-refractivity contribution >= 4 is 17.8 Å². The standard InChI is InChI=1S/C25H32N2O5/c1-3-32-25(31)21(14-13-18-9-5-4-6-10-18)26-17(2)23(28)27-16-20-12-8-7-11-19(20)15-22(27)24(29)30/h5,7-12,17,21-22,26H,3-4,6,13-16H2,1-2H3,(H,29,30)/t17?,21?,22-/m0/s1. The van der Waals surface area contributed by atoms with E-state index < -0.39 is 30.1 Å². The number of benzene rings is 1. The Labute approximate surface area is 189 Å². The molecular formula is C25H32N2O5. The molecule has 1 aliphatic heterocycles. The second-order valence-corrected chi connectivity index (χ2v) is 8.28. The first-order valence-corrected chi connectivity index (χ1v) is 11.3. The van der Waals surface area contributed by atoms with Crippen molar-refractivity contribution in [1.29, 1.82) is 0 Å². The minimum absolute atomic E-state index is 0.236. The summed E-state index contributed by atoms with van der Waals surface area (Å²) in [6.07, 6.45) is 9.84. The van der Waals surface area contributed by atoms with Crippen molar-refractivity contribution < 1.29 is 24.2 Å². The molecule has 2 unspecified atom stereocenters. The third-order valence-electron chi connectivity index (χ3n) is 6.00. The van der Waals surface area contributed by atoms with Crippen molar-refractivity contribution in [2.45, 2.75) is 70.6 Å². The van der Waals surface area contributed by atoms with Gasteiger partial charge in [0.25, 0.3) is 0 Å². The number of nitrogens with one attached hydrogen (secondary N) is 1. The van der Waals surface area contributed by atoms with Gasteiger partial charge in [-0.25, -0.2) is 4.79 Å². The van der Waals surface area contributed by atoms with Crippen LogP contribution in [0, 0.1) is 0 Å². The van der Waals surface area contributed by atoms with E-state index in [1.807, 2.05) is 24.3 Å². The van der Waals surface area contributed by atoms with Gasteiger partial charge in [-0.15, -0.1) is 0 Å². The fourth-order valence-electron chi connectivity index (χ4n) is 4.27. The number of allylic oxidation sites excluding steroid dienone is 4.